The van der Waals surface area contributed by atoms with E-state index in [2.05, 4.69) is 49.7 Å². The molecule has 0 aromatic rings. The van der Waals surface area contributed by atoms with E-state index in [1.54, 1.807) is 0 Å². The van der Waals surface area contributed by atoms with Gasteiger partial charge in [-0.15, -0.1) is 0 Å². The molecule has 2 rings (SSSR count). The molecule has 1 heterocycles. The maximum Gasteiger partial charge on any atom is 0.0113 e. The van der Waals surface area contributed by atoms with Gasteiger partial charge in [0.2, 0.25) is 0 Å². The van der Waals surface area contributed by atoms with Crippen LogP contribution < -0.4 is 5.32 Å². The fourth-order valence-corrected chi connectivity index (χ4v) is 3.43. The lowest BCUT2D eigenvalue weighted by Gasteiger charge is -2.42. The first-order valence-electron chi connectivity index (χ1n) is 9.09. The first-order valence-corrected chi connectivity index (χ1v) is 9.09. The molecular weight excluding hydrogens is 258 g/mol. The quantitative estimate of drug-likeness (QED) is 0.779. The molecule has 124 valence electrons. The standard InChI is InChI=1S/C18H37N3/c1-6-18(7-2,14-19-17(3,4)5)15-20-10-12-21(13-11-20)16-8-9-16/h16,19H,6-15H2,1-5H3. The van der Waals surface area contributed by atoms with Crippen molar-refractivity contribution in [3.8, 4) is 0 Å². The van der Waals surface area contributed by atoms with Crippen molar-refractivity contribution >= 4 is 0 Å². The molecule has 2 aliphatic rings. The molecule has 3 nitrogen and oxygen atoms in total. The Morgan fingerprint density at radius 3 is 1.95 bits per heavy atom. The van der Waals surface area contributed by atoms with Crippen LogP contribution in [0.4, 0.5) is 0 Å². The average Bonchev–Trinajstić information content (AvgIpc) is 3.28. The topological polar surface area (TPSA) is 18.5 Å². The van der Waals surface area contributed by atoms with Crippen molar-refractivity contribution in [1.29, 1.82) is 0 Å². The summed E-state index contributed by atoms with van der Waals surface area (Å²) in [7, 11) is 0. The minimum atomic E-state index is 0.222. The third-order valence-corrected chi connectivity index (χ3v) is 5.52. The molecule has 1 N–H and O–H groups in total. The van der Waals surface area contributed by atoms with Gasteiger partial charge in [0.1, 0.15) is 0 Å². The first-order chi connectivity index (χ1) is 9.87. The summed E-state index contributed by atoms with van der Waals surface area (Å²) in [6, 6.07) is 0.941. The zero-order chi connectivity index (χ0) is 15.5. The van der Waals surface area contributed by atoms with Gasteiger partial charge in [0, 0.05) is 50.8 Å². The van der Waals surface area contributed by atoms with Crippen LogP contribution in [0.5, 0.6) is 0 Å². The molecule has 1 aliphatic carbocycles. The Hall–Kier alpha value is -0.120. The van der Waals surface area contributed by atoms with E-state index in [1.165, 1.54) is 58.4 Å². The Morgan fingerprint density at radius 2 is 1.52 bits per heavy atom. The van der Waals surface area contributed by atoms with E-state index < -0.39 is 0 Å². The summed E-state index contributed by atoms with van der Waals surface area (Å²) in [5, 5.41) is 3.75. The van der Waals surface area contributed by atoms with Gasteiger partial charge < -0.3 is 10.2 Å². The van der Waals surface area contributed by atoms with E-state index in [1.807, 2.05) is 0 Å². The van der Waals surface area contributed by atoms with Crippen molar-refractivity contribution < 1.29 is 0 Å². The van der Waals surface area contributed by atoms with Crippen LogP contribution in [0.1, 0.15) is 60.3 Å². The molecule has 1 saturated carbocycles. The molecule has 0 bridgehead atoms. The van der Waals surface area contributed by atoms with Crippen molar-refractivity contribution in [3.05, 3.63) is 0 Å². The monoisotopic (exact) mass is 295 g/mol. The summed E-state index contributed by atoms with van der Waals surface area (Å²) in [4.78, 5) is 5.43. The molecule has 21 heavy (non-hydrogen) atoms. The van der Waals surface area contributed by atoms with Crippen LogP contribution in [-0.2, 0) is 0 Å². The molecule has 0 atom stereocenters. The van der Waals surface area contributed by atoms with Crippen LogP contribution in [0.2, 0.25) is 0 Å². The zero-order valence-corrected chi connectivity index (χ0v) is 15.0. The summed E-state index contributed by atoms with van der Waals surface area (Å²) in [5.74, 6) is 0. The fourth-order valence-electron chi connectivity index (χ4n) is 3.43. The minimum absolute atomic E-state index is 0.222. The number of rotatable bonds is 7. The fraction of sp³-hybridized carbons (Fsp3) is 1.00. The molecule has 0 aromatic carbocycles. The smallest absolute Gasteiger partial charge is 0.0113 e. The van der Waals surface area contributed by atoms with Gasteiger partial charge in [-0.3, -0.25) is 4.90 Å². The lowest BCUT2D eigenvalue weighted by molar-refractivity contribution is 0.0719. The van der Waals surface area contributed by atoms with Crippen molar-refractivity contribution in [1.82, 2.24) is 15.1 Å². The predicted molar refractivity (Wildman–Crippen MR) is 91.8 cm³/mol. The molecule has 0 unspecified atom stereocenters. The Bertz CT molecular complexity index is 305. The molecule has 0 spiro atoms. The van der Waals surface area contributed by atoms with Crippen LogP contribution in [0, 0.1) is 5.41 Å². The molecule has 0 amide bonds. The first kappa shape index (κ1) is 17.2. The Labute approximate surface area is 132 Å². The molecule has 0 aromatic heterocycles. The van der Waals surface area contributed by atoms with Crippen LogP contribution in [0.25, 0.3) is 0 Å². The number of nitrogens with one attached hydrogen (secondary N) is 1. The third kappa shape index (κ3) is 5.22. The van der Waals surface area contributed by atoms with Crippen molar-refractivity contribution in [2.75, 3.05) is 39.3 Å². The Morgan fingerprint density at radius 1 is 0.952 bits per heavy atom. The second kappa shape index (κ2) is 6.97. The van der Waals surface area contributed by atoms with Gasteiger partial charge in [0.25, 0.3) is 0 Å². The minimum Gasteiger partial charge on any atom is -0.311 e. The summed E-state index contributed by atoms with van der Waals surface area (Å²) in [6.07, 6.45) is 5.44. The second-order valence-electron chi connectivity index (χ2n) is 8.35. The van der Waals surface area contributed by atoms with Crippen LogP contribution >= 0.6 is 0 Å². The molecular formula is C18H37N3. The normalized spacial score (nSPS) is 22.7. The van der Waals surface area contributed by atoms with Gasteiger partial charge >= 0.3 is 0 Å². The van der Waals surface area contributed by atoms with Gasteiger partial charge in [0.15, 0.2) is 0 Å². The van der Waals surface area contributed by atoms with Crippen LogP contribution in [0.3, 0.4) is 0 Å². The summed E-state index contributed by atoms with van der Waals surface area (Å²) in [6.45, 7) is 19.1. The highest BCUT2D eigenvalue weighted by Crippen LogP contribution is 2.30. The Kier molecular flexibility index (Phi) is 5.72. The highest BCUT2D eigenvalue weighted by Gasteiger charge is 2.34. The predicted octanol–water partition coefficient (Wildman–Crippen LogP) is 2.96. The van der Waals surface area contributed by atoms with Crippen molar-refractivity contribution in [2.24, 2.45) is 5.41 Å². The molecule has 1 aliphatic heterocycles. The largest absolute Gasteiger partial charge is 0.311 e. The number of hydrogen-bond acceptors (Lipinski definition) is 3. The van der Waals surface area contributed by atoms with Crippen LogP contribution in [0.15, 0.2) is 0 Å². The summed E-state index contributed by atoms with van der Waals surface area (Å²) in [5.41, 5.74) is 0.662. The van der Waals surface area contributed by atoms with Gasteiger partial charge in [-0.05, 0) is 51.9 Å². The van der Waals surface area contributed by atoms with Gasteiger partial charge in [-0.25, -0.2) is 0 Å². The van der Waals surface area contributed by atoms with Crippen LogP contribution in [-0.4, -0.2) is 60.6 Å². The van der Waals surface area contributed by atoms with E-state index >= 15 is 0 Å². The van der Waals surface area contributed by atoms with E-state index in [9.17, 15) is 0 Å². The van der Waals surface area contributed by atoms with Gasteiger partial charge in [-0.2, -0.15) is 0 Å². The van der Waals surface area contributed by atoms with E-state index in [0.29, 0.717) is 5.41 Å². The van der Waals surface area contributed by atoms with E-state index in [-0.39, 0.29) is 5.54 Å². The Balaban J connectivity index is 1.83. The van der Waals surface area contributed by atoms with E-state index in [4.69, 9.17) is 0 Å². The lowest BCUT2D eigenvalue weighted by Crippen LogP contribution is -2.53. The number of piperazine rings is 1. The number of hydrogen-bond donors (Lipinski definition) is 1. The summed E-state index contributed by atoms with van der Waals surface area (Å²) >= 11 is 0. The SMILES string of the molecule is CCC(CC)(CNC(C)(C)C)CN1CCN(C2CC2)CC1. The third-order valence-electron chi connectivity index (χ3n) is 5.52. The zero-order valence-electron chi connectivity index (χ0n) is 15.0. The molecule has 3 heteroatoms. The molecule has 2 fully saturated rings. The second-order valence-corrected chi connectivity index (χ2v) is 8.35. The average molecular weight is 296 g/mol. The number of nitrogens with zero attached hydrogens (tertiary/aromatic N) is 2. The molecule has 1 saturated heterocycles. The van der Waals surface area contributed by atoms with Crippen molar-refractivity contribution in [3.63, 3.8) is 0 Å². The van der Waals surface area contributed by atoms with Crippen molar-refractivity contribution in [2.45, 2.75) is 71.9 Å². The van der Waals surface area contributed by atoms with Gasteiger partial charge in [-0.1, -0.05) is 13.8 Å². The highest BCUT2D eigenvalue weighted by molar-refractivity contribution is 4.90. The van der Waals surface area contributed by atoms with E-state index in [0.717, 1.165) is 12.6 Å². The molecule has 0 radical (unpaired) electrons. The summed E-state index contributed by atoms with van der Waals surface area (Å²) < 4.78 is 0. The maximum atomic E-state index is 3.75. The highest BCUT2D eigenvalue weighted by atomic mass is 15.3. The maximum absolute atomic E-state index is 3.75. The van der Waals surface area contributed by atoms with Gasteiger partial charge in [0.05, 0.1) is 0 Å². The lowest BCUT2D eigenvalue weighted by atomic mass is 9.80.